The fourth-order valence-corrected chi connectivity index (χ4v) is 3.82. The van der Waals surface area contributed by atoms with E-state index in [1.165, 1.54) is 0 Å². The lowest BCUT2D eigenvalue weighted by atomic mass is 9.63. The molecule has 1 saturated carbocycles. The van der Waals surface area contributed by atoms with Crippen molar-refractivity contribution in [3.63, 3.8) is 0 Å². The summed E-state index contributed by atoms with van der Waals surface area (Å²) < 4.78 is 0. The lowest BCUT2D eigenvalue weighted by Gasteiger charge is -2.41. The minimum Gasteiger partial charge on any atom is -0.375 e. The van der Waals surface area contributed by atoms with E-state index in [1.54, 1.807) is 18.2 Å². The lowest BCUT2D eigenvalue weighted by Crippen LogP contribution is -2.49. The number of carbonyl (C=O) groups excluding carboxylic acids is 2. The van der Waals surface area contributed by atoms with Crippen molar-refractivity contribution in [2.24, 2.45) is 17.3 Å². The van der Waals surface area contributed by atoms with Crippen LogP contribution in [-0.2, 0) is 15.2 Å². The number of para-hydroxylation sites is 1. The first-order valence-electron chi connectivity index (χ1n) is 7.90. The first-order chi connectivity index (χ1) is 10.2. The fourth-order valence-electron chi connectivity index (χ4n) is 3.82. The van der Waals surface area contributed by atoms with E-state index in [-0.39, 0.29) is 11.2 Å². The van der Waals surface area contributed by atoms with Crippen molar-refractivity contribution >= 4 is 17.4 Å². The summed E-state index contributed by atoms with van der Waals surface area (Å²) in [4.78, 5) is 24.9. The summed E-state index contributed by atoms with van der Waals surface area (Å²) in [5, 5.41) is 13.9. The maximum atomic E-state index is 12.5. The Hall–Kier alpha value is -1.68. The number of benzene rings is 1. The summed E-state index contributed by atoms with van der Waals surface area (Å²) >= 11 is 0. The molecule has 22 heavy (non-hydrogen) atoms. The topological polar surface area (TPSA) is 66.4 Å². The highest BCUT2D eigenvalue weighted by atomic mass is 16.3. The van der Waals surface area contributed by atoms with E-state index in [1.807, 2.05) is 6.07 Å². The molecule has 1 aromatic carbocycles. The van der Waals surface area contributed by atoms with Crippen LogP contribution in [0.15, 0.2) is 24.3 Å². The fraction of sp³-hybridized carbons (Fsp3) is 0.556. The maximum Gasteiger partial charge on any atom is 0.261 e. The van der Waals surface area contributed by atoms with E-state index in [0.29, 0.717) is 30.0 Å². The molecule has 0 spiro atoms. The van der Waals surface area contributed by atoms with E-state index in [9.17, 15) is 14.7 Å². The Balaban J connectivity index is 2.01. The Kier molecular flexibility index (Phi) is 3.40. The molecule has 1 fully saturated rings. The van der Waals surface area contributed by atoms with Gasteiger partial charge < -0.3 is 10.4 Å². The van der Waals surface area contributed by atoms with Gasteiger partial charge in [0.15, 0.2) is 5.60 Å². The third-order valence-corrected chi connectivity index (χ3v) is 5.31. The summed E-state index contributed by atoms with van der Waals surface area (Å²) in [6.07, 6.45) is 1.82. The van der Waals surface area contributed by atoms with Crippen molar-refractivity contribution in [2.75, 3.05) is 5.32 Å². The van der Waals surface area contributed by atoms with E-state index in [0.717, 1.165) is 6.42 Å². The molecule has 2 aliphatic rings. The van der Waals surface area contributed by atoms with Crippen LogP contribution in [0.5, 0.6) is 0 Å². The standard InChI is InChI=1S/C18H23NO3/c1-17(2,3)11-8-9-15(20)13(10-11)18(22)12-6-4-5-7-14(12)19-16(18)21/h4-7,11,13,22H,8-10H2,1-3H3,(H,19,21)/t11-,13-,18+/m0/s1. The Morgan fingerprint density at radius 1 is 1.23 bits per heavy atom. The number of rotatable bonds is 1. The van der Waals surface area contributed by atoms with Gasteiger partial charge >= 0.3 is 0 Å². The largest absolute Gasteiger partial charge is 0.375 e. The number of carbonyl (C=O) groups is 2. The van der Waals surface area contributed by atoms with Crippen LogP contribution in [0.3, 0.4) is 0 Å². The zero-order valence-corrected chi connectivity index (χ0v) is 13.3. The number of Topliss-reactive ketones (excluding diaryl/α,β-unsaturated/α-hetero) is 1. The van der Waals surface area contributed by atoms with Crippen LogP contribution in [0.4, 0.5) is 5.69 Å². The number of aliphatic hydroxyl groups is 1. The Bertz CT molecular complexity index is 631. The van der Waals surface area contributed by atoms with Gasteiger partial charge in [0.1, 0.15) is 5.78 Å². The second-order valence-corrected chi connectivity index (χ2v) is 7.62. The zero-order chi connectivity index (χ0) is 16.1. The normalized spacial score (nSPS) is 31.8. The van der Waals surface area contributed by atoms with Crippen LogP contribution in [0.2, 0.25) is 0 Å². The van der Waals surface area contributed by atoms with Crippen LogP contribution in [0.1, 0.15) is 45.6 Å². The van der Waals surface area contributed by atoms with Crippen molar-refractivity contribution in [1.82, 2.24) is 0 Å². The molecule has 0 unspecified atom stereocenters. The van der Waals surface area contributed by atoms with Gasteiger partial charge in [-0.2, -0.15) is 0 Å². The van der Waals surface area contributed by atoms with E-state index in [4.69, 9.17) is 0 Å². The number of amides is 1. The van der Waals surface area contributed by atoms with Gasteiger partial charge in [0.2, 0.25) is 0 Å². The Labute approximate surface area is 130 Å². The highest BCUT2D eigenvalue weighted by Crippen LogP contribution is 2.49. The molecule has 0 bridgehead atoms. The van der Waals surface area contributed by atoms with E-state index < -0.39 is 17.4 Å². The molecule has 4 heteroatoms. The summed E-state index contributed by atoms with van der Waals surface area (Å²) in [5.74, 6) is -0.814. The number of hydrogen-bond donors (Lipinski definition) is 2. The Morgan fingerprint density at radius 3 is 2.59 bits per heavy atom. The molecule has 1 heterocycles. The van der Waals surface area contributed by atoms with Gasteiger partial charge in [0, 0.05) is 17.7 Å². The smallest absolute Gasteiger partial charge is 0.261 e. The molecule has 1 aliphatic heterocycles. The molecule has 1 aromatic rings. The molecular weight excluding hydrogens is 278 g/mol. The van der Waals surface area contributed by atoms with Crippen molar-refractivity contribution < 1.29 is 14.7 Å². The predicted molar refractivity (Wildman–Crippen MR) is 84.3 cm³/mol. The first kappa shape index (κ1) is 15.2. The number of ketones is 1. The van der Waals surface area contributed by atoms with Crippen LogP contribution in [0.25, 0.3) is 0 Å². The molecule has 118 valence electrons. The number of fused-ring (bicyclic) bond motifs is 1. The maximum absolute atomic E-state index is 12.5. The Morgan fingerprint density at radius 2 is 1.91 bits per heavy atom. The van der Waals surface area contributed by atoms with Crippen LogP contribution < -0.4 is 5.32 Å². The first-order valence-corrected chi connectivity index (χ1v) is 7.90. The second kappa shape index (κ2) is 4.92. The van der Waals surface area contributed by atoms with Crippen LogP contribution in [-0.4, -0.2) is 16.8 Å². The molecule has 3 atom stereocenters. The molecular formula is C18H23NO3. The SMILES string of the molecule is CC(C)(C)[C@H]1CCC(=O)[C@@H]([C@@]2(O)C(=O)Nc3ccccc32)C1. The predicted octanol–water partition coefficient (Wildman–Crippen LogP) is 2.86. The van der Waals surface area contributed by atoms with Crippen LogP contribution >= 0.6 is 0 Å². The van der Waals surface area contributed by atoms with Gasteiger partial charge in [-0.3, -0.25) is 9.59 Å². The molecule has 4 nitrogen and oxygen atoms in total. The van der Waals surface area contributed by atoms with Gasteiger partial charge in [0.05, 0.1) is 5.92 Å². The third-order valence-electron chi connectivity index (χ3n) is 5.31. The monoisotopic (exact) mass is 301 g/mol. The summed E-state index contributed by atoms with van der Waals surface area (Å²) in [7, 11) is 0. The lowest BCUT2D eigenvalue weighted by molar-refractivity contribution is -0.153. The van der Waals surface area contributed by atoms with Gasteiger partial charge in [-0.15, -0.1) is 0 Å². The van der Waals surface area contributed by atoms with Crippen molar-refractivity contribution in [1.29, 1.82) is 0 Å². The summed E-state index contributed by atoms with van der Waals surface area (Å²) in [6, 6.07) is 7.10. The van der Waals surface area contributed by atoms with Gasteiger partial charge in [-0.1, -0.05) is 39.0 Å². The molecule has 1 aliphatic carbocycles. The van der Waals surface area contributed by atoms with Gasteiger partial charge in [-0.25, -0.2) is 0 Å². The van der Waals surface area contributed by atoms with Crippen molar-refractivity contribution in [3.05, 3.63) is 29.8 Å². The second-order valence-electron chi connectivity index (χ2n) is 7.62. The number of hydrogen-bond acceptors (Lipinski definition) is 3. The minimum atomic E-state index is -1.72. The molecule has 1 amide bonds. The molecule has 0 radical (unpaired) electrons. The van der Waals surface area contributed by atoms with Gasteiger partial charge in [-0.05, 0) is 30.2 Å². The molecule has 3 rings (SSSR count). The minimum absolute atomic E-state index is 0.00477. The van der Waals surface area contributed by atoms with Crippen LogP contribution in [0, 0.1) is 17.3 Å². The highest BCUT2D eigenvalue weighted by Gasteiger charge is 2.55. The van der Waals surface area contributed by atoms with Gasteiger partial charge in [0.25, 0.3) is 5.91 Å². The summed E-state index contributed by atoms with van der Waals surface area (Å²) in [6.45, 7) is 6.45. The van der Waals surface area contributed by atoms with Crippen molar-refractivity contribution in [2.45, 2.75) is 45.6 Å². The average molecular weight is 301 g/mol. The van der Waals surface area contributed by atoms with Crippen molar-refractivity contribution in [3.8, 4) is 0 Å². The van der Waals surface area contributed by atoms with E-state index in [2.05, 4.69) is 26.1 Å². The average Bonchev–Trinajstić information content (AvgIpc) is 2.71. The molecule has 2 N–H and O–H groups in total. The zero-order valence-electron chi connectivity index (χ0n) is 13.3. The highest BCUT2D eigenvalue weighted by molar-refractivity contribution is 6.08. The number of nitrogens with one attached hydrogen (secondary N) is 1. The number of anilines is 1. The summed E-state index contributed by atoms with van der Waals surface area (Å²) in [5.41, 5.74) is -0.518. The third kappa shape index (κ3) is 2.17. The van der Waals surface area contributed by atoms with E-state index >= 15 is 0 Å². The molecule has 0 saturated heterocycles. The quantitative estimate of drug-likeness (QED) is 0.838. The molecule has 0 aromatic heterocycles.